The second-order valence-corrected chi connectivity index (χ2v) is 11.5. The molecule has 2 fully saturated rings. The van der Waals surface area contributed by atoms with Crippen LogP contribution in [0.1, 0.15) is 31.7 Å². The van der Waals surface area contributed by atoms with Crippen LogP contribution in [0.2, 0.25) is 0 Å². The van der Waals surface area contributed by atoms with Gasteiger partial charge in [-0.05, 0) is 45.2 Å². The summed E-state index contributed by atoms with van der Waals surface area (Å²) in [4.78, 5) is 14.8. The number of nitrogens with zero attached hydrogens (tertiary/aromatic N) is 4. The van der Waals surface area contributed by atoms with Crippen molar-refractivity contribution in [1.29, 1.82) is 0 Å². The molecule has 1 atom stereocenters. The van der Waals surface area contributed by atoms with Crippen LogP contribution >= 0.6 is 11.8 Å². The first kappa shape index (κ1) is 21.2. The number of sulfone groups is 1. The van der Waals surface area contributed by atoms with E-state index in [0.29, 0.717) is 11.6 Å². The van der Waals surface area contributed by atoms with Gasteiger partial charge in [0, 0.05) is 13.1 Å². The third kappa shape index (κ3) is 4.64. The summed E-state index contributed by atoms with van der Waals surface area (Å²) in [7, 11) is -3.07. The van der Waals surface area contributed by atoms with Crippen molar-refractivity contribution in [3.8, 4) is 5.69 Å². The van der Waals surface area contributed by atoms with Crippen molar-refractivity contribution >= 4 is 33.5 Å². The van der Waals surface area contributed by atoms with Gasteiger partial charge in [0.2, 0.25) is 11.9 Å². The van der Waals surface area contributed by atoms with Crippen LogP contribution in [0.4, 0.5) is 5.95 Å². The zero-order chi connectivity index (χ0) is 21.4. The molecule has 0 radical (unpaired) electrons. The van der Waals surface area contributed by atoms with Crippen molar-refractivity contribution in [2.45, 2.75) is 43.8 Å². The summed E-state index contributed by atoms with van der Waals surface area (Å²) in [6.07, 6.45) is 2.71. The number of hydrogen-bond acceptors (Lipinski definition) is 7. The molecule has 3 heterocycles. The van der Waals surface area contributed by atoms with Gasteiger partial charge < -0.3 is 10.2 Å². The average Bonchev–Trinajstić information content (AvgIpc) is 3.39. The van der Waals surface area contributed by atoms with Gasteiger partial charge in [0.1, 0.15) is 0 Å². The number of amides is 1. The molecule has 4 rings (SSSR count). The molecule has 0 spiro atoms. The fraction of sp³-hybridized carbons (Fsp3) is 0.550. The third-order valence-electron chi connectivity index (χ3n) is 5.57. The Morgan fingerprint density at radius 3 is 2.53 bits per heavy atom. The van der Waals surface area contributed by atoms with Crippen molar-refractivity contribution in [3.05, 3.63) is 29.8 Å². The van der Waals surface area contributed by atoms with E-state index in [4.69, 9.17) is 0 Å². The summed E-state index contributed by atoms with van der Waals surface area (Å²) >= 11 is 1.32. The molecule has 1 aromatic carbocycles. The maximum absolute atomic E-state index is 12.5. The van der Waals surface area contributed by atoms with Gasteiger partial charge >= 0.3 is 0 Å². The lowest BCUT2D eigenvalue weighted by molar-refractivity contribution is -0.120. The Bertz CT molecular complexity index is 1030. The van der Waals surface area contributed by atoms with E-state index in [1.54, 1.807) is 6.92 Å². The van der Waals surface area contributed by atoms with Gasteiger partial charge in [-0.15, -0.1) is 10.2 Å². The smallest absolute Gasteiger partial charge is 0.232 e. The monoisotopic (exact) mass is 449 g/mol. The lowest BCUT2D eigenvalue weighted by Gasteiger charge is -2.23. The number of carbonyl (C=O) groups is 1. The minimum absolute atomic E-state index is 0.00490. The minimum atomic E-state index is -3.07. The molecule has 1 aromatic heterocycles. The Balaban J connectivity index is 1.51. The number of benzene rings is 1. The van der Waals surface area contributed by atoms with Crippen molar-refractivity contribution in [3.63, 3.8) is 0 Å². The molecule has 1 N–H and O–H groups in total. The number of rotatable bonds is 6. The number of aromatic nitrogens is 3. The van der Waals surface area contributed by atoms with Crippen molar-refractivity contribution in [1.82, 2.24) is 20.1 Å². The molecular formula is C20H27N5O3S2. The Morgan fingerprint density at radius 2 is 1.90 bits per heavy atom. The highest BCUT2D eigenvalue weighted by Crippen LogP contribution is 2.29. The first-order valence-electron chi connectivity index (χ1n) is 10.2. The number of nitrogens with one attached hydrogen (secondary N) is 1. The molecule has 8 nitrogen and oxygen atoms in total. The fourth-order valence-electron chi connectivity index (χ4n) is 4.01. The average molecular weight is 450 g/mol. The van der Waals surface area contributed by atoms with Crippen LogP contribution in [0.25, 0.3) is 5.69 Å². The number of aryl methyl sites for hydroxylation is 1. The summed E-state index contributed by atoms with van der Waals surface area (Å²) in [5.41, 5.74) is 1.44. The number of thioether (sulfide) groups is 1. The molecule has 1 amide bonds. The van der Waals surface area contributed by atoms with Gasteiger partial charge in [0.25, 0.3) is 0 Å². The van der Waals surface area contributed by atoms with E-state index in [1.807, 2.05) is 35.8 Å². The predicted octanol–water partition coefficient (Wildman–Crippen LogP) is 1.96. The molecule has 0 saturated carbocycles. The van der Waals surface area contributed by atoms with Gasteiger partial charge in [-0.25, -0.2) is 8.42 Å². The van der Waals surface area contributed by atoms with Crippen molar-refractivity contribution in [2.24, 2.45) is 0 Å². The molecule has 2 aliphatic rings. The summed E-state index contributed by atoms with van der Waals surface area (Å²) in [5, 5.41) is 12.3. The lowest BCUT2D eigenvalue weighted by Crippen LogP contribution is -2.47. The van der Waals surface area contributed by atoms with E-state index in [2.05, 4.69) is 20.4 Å². The number of carbonyl (C=O) groups excluding carboxylic acids is 1. The van der Waals surface area contributed by atoms with Gasteiger partial charge in [0.05, 0.1) is 28.5 Å². The summed E-state index contributed by atoms with van der Waals surface area (Å²) in [6.45, 7) is 5.73. The number of hydrogen-bond donors (Lipinski definition) is 1. The maximum atomic E-state index is 12.5. The predicted molar refractivity (Wildman–Crippen MR) is 118 cm³/mol. The fourth-order valence-corrected chi connectivity index (χ4v) is 6.85. The lowest BCUT2D eigenvalue weighted by atomic mass is 10.0. The van der Waals surface area contributed by atoms with E-state index in [0.717, 1.165) is 37.6 Å². The highest BCUT2D eigenvalue weighted by atomic mass is 32.2. The van der Waals surface area contributed by atoms with Crippen LogP contribution in [0.5, 0.6) is 0 Å². The zero-order valence-corrected chi connectivity index (χ0v) is 18.9. The Labute approximate surface area is 181 Å². The van der Waals surface area contributed by atoms with Crippen LogP contribution in [0, 0.1) is 6.92 Å². The highest BCUT2D eigenvalue weighted by Gasteiger charge is 2.39. The molecule has 2 aliphatic heterocycles. The van der Waals surface area contributed by atoms with Crippen LogP contribution in [-0.2, 0) is 14.6 Å². The third-order valence-corrected chi connectivity index (χ3v) is 8.41. The molecule has 0 bridgehead atoms. The molecule has 10 heteroatoms. The first-order valence-corrected chi connectivity index (χ1v) is 13.0. The second kappa shape index (κ2) is 8.22. The molecule has 162 valence electrons. The maximum Gasteiger partial charge on any atom is 0.232 e. The van der Waals surface area contributed by atoms with E-state index >= 15 is 0 Å². The molecule has 1 unspecified atom stereocenters. The zero-order valence-electron chi connectivity index (χ0n) is 17.3. The highest BCUT2D eigenvalue weighted by molar-refractivity contribution is 7.99. The van der Waals surface area contributed by atoms with Gasteiger partial charge in [-0.2, -0.15) is 0 Å². The quantitative estimate of drug-likeness (QED) is 0.673. The van der Waals surface area contributed by atoms with E-state index in [1.165, 1.54) is 17.3 Å². The van der Waals surface area contributed by atoms with Crippen molar-refractivity contribution < 1.29 is 13.2 Å². The standard InChI is InChI=1S/C20H27N5O3S2/c1-15-5-7-16(8-6-15)25-18(24-10-3-4-11-24)22-23-19(25)29-13-17(26)21-20(2)9-12-30(27,28)14-20/h5-8H,3-4,9-14H2,1-2H3,(H,21,26). The van der Waals surface area contributed by atoms with E-state index in [-0.39, 0.29) is 23.2 Å². The van der Waals surface area contributed by atoms with Crippen LogP contribution in [-0.4, -0.2) is 65.0 Å². The number of anilines is 1. The van der Waals surface area contributed by atoms with Gasteiger partial charge in [-0.1, -0.05) is 29.5 Å². The van der Waals surface area contributed by atoms with Gasteiger partial charge in [-0.3, -0.25) is 9.36 Å². The summed E-state index contributed by atoms with van der Waals surface area (Å²) in [6, 6.07) is 8.16. The Hall–Kier alpha value is -2.07. The summed E-state index contributed by atoms with van der Waals surface area (Å²) < 4.78 is 25.6. The molecule has 30 heavy (non-hydrogen) atoms. The van der Waals surface area contributed by atoms with Crippen LogP contribution < -0.4 is 10.2 Å². The SMILES string of the molecule is Cc1ccc(-n2c(SCC(=O)NC3(C)CCS(=O)(=O)C3)nnc2N2CCCC2)cc1. The molecule has 2 saturated heterocycles. The van der Waals surface area contributed by atoms with E-state index < -0.39 is 15.4 Å². The van der Waals surface area contributed by atoms with Crippen molar-refractivity contribution in [2.75, 3.05) is 35.2 Å². The van der Waals surface area contributed by atoms with Crippen LogP contribution in [0.15, 0.2) is 29.4 Å². The van der Waals surface area contributed by atoms with E-state index in [9.17, 15) is 13.2 Å². The first-order chi connectivity index (χ1) is 14.2. The van der Waals surface area contributed by atoms with Crippen LogP contribution in [0.3, 0.4) is 0 Å². The largest absolute Gasteiger partial charge is 0.349 e. The minimum Gasteiger partial charge on any atom is -0.349 e. The molecular weight excluding hydrogens is 422 g/mol. The van der Waals surface area contributed by atoms with Gasteiger partial charge in [0.15, 0.2) is 15.0 Å². The Morgan fingerprint density at radius 1 is 1.20 bits per heavy atom. The molecule has 2 aromatic rings. The summed E-state index contributed by atoms with van der Waals surface area (Å²) in [5.74, 6) is 0.876. The molecule has 0 aliphatic carbocycles. The topological polar surface area (TPSA) is 97.2 Å². The second-order valence-electron chi connectivity index (χ2n) is 8.39. The normalized spacial score (nSPS) is 23.1. The Kier molecular flexibility index (Phi) is 5.80.